The predicted molar refractivity (Wildman–Crippen MR) is 127 cm³/mol. The number of ether oxygens (including phenoxy) is 2. The molecule has 1 N–H and O–H groups in total. The van der Waals surface area contributed by atoms with Crippen molar-refractivity contribution in [3.63, 3.8) is 0 Å². The van der Waals surface area contributed by atoms with Crippen LogP contribution in [0.15, 0.2) is 64.4 Å². The topological polar surface area (TPSA) is 72.1 Å². The Bertz CT molecular complexity index is 1220. The lowest BCUT2D eigenvalue weighted by atomic mass is 10.1. The Hall–Kier alpha value is -3.25. The van der Waals surface area contributed by atoms with Gasteiger partial charge in [0.1, 0.15) is 28.9 Å². The van der Waals surface area contributed by atoms with Gasteiger partial charge in [0.2, 0.25) is 11.2 Å². The van der Waals surface area contributed by atoms with Crippen molar-refractivity contribution >= 4 is 21.9 Å². The van der Waals surface area contributed by atoms with Gasteiger partial charge in [0.25, 0.3) is 0 Å². The lowest BCUT2D eigenvalue weighted by molar-refractivity contribution is 0.154. The SMILES string of the molecule is C=CC(C)(C)Oc1ccc2c(=O)c3c(O)cccc3oc2c1OC/C=C/CN1CCCC1. The Morgan fingerprint density at radius 3 is 2.72 bits per heavy atom. The van der Waals surface area contributed by atoms with E-state index < -0.39 is 5.60 Å². The van der Waals surface area contributed by atoms with Crippen LogP contribution in [0.4, 0.5) is 0 Å². The van der Waals surface area contributed by atoms with Gasteiger partial charge in [-0.3, -0.25) is 9.69 Å². The Morgan fingerprint density at radius 2 is 1.97 bits per heavy atom. The van der Waals surface area contributed by atoms with Crippen molar-refractivity contribution in [2.45, 2.75) is 32.3 Å². The Balaban J connectivity index is 1.73. The summed E-state index contributed by atoms with van der Waals surface area (Å²) in [6.45, 7) is 11.1. The van der Waals surface area contributed by atoms with Gasteiger partial charge in [0.15, 0.2) is 11.3 Å². The third-order valence-electron chi connectivity index (χ3n) is 5.68. The molecule has 2 aromatic carbocycles. The number of aromatic hydroxyl groups is 1. The van der Waals surface area contributed by atoms with E-state index in [0.29, 0.717) is 29.1 Å². The van der Waals surface area contributed by atoms with Gasteiger partial charge in [-0.25, -0.2) is 0 Å². The van der Waals surface area contributed by atoms with E-state index in [1.54, 1.807) is 30.3 Å². The lowest BCUT2D eigenvalue weighted by Crippen LogP contribution is -2.25. The highest BCUT2D eigenvalue weighted by Gasteiger charge is 2.22. The minimum Gasteiger partial charge on any atom is -0.507 e. The molecule has 0 bridgehead atoms. The van der Waals surface area contributed by atoms with Crippen molar-refractivity contribution in [2.24, 2.45) is 0 Å². The molecule has 4 rings (SSSR count). The molecule has 1 fully saturated rings. The fourth-order valence-corrected chi connectivity index (χ4v) is 3.83. The van der Waals surface area contributed by atoms with E-state index in [0.717, 1.165) is 19.6 Å². The van der Waals surface area contributed by atoms with Crippen molar-refractivity contribution in [1.29, 1.82) is 0 Å². The number of rotatable bonds is 8. The molecule has 6 heteroatoms. The fraction of sp³-hybridized carbons (Fsp3) is 0.346. The zero-order chi connectivity index (χ0) is 22.7. The Morgan fingerprint density at radius 1 is 1.19 bits per heavy atom. The molecule has 1 saturated heterocycles. The number of fused-ring (bicyclic) bond motifs is 2. The number of benzene rings is 2. The molecule has 1 aromatic heterocycles. The van der Waals surface area contributed by atoms with Gasteiger partial charge in [-0.05, 0) is 70.1 Å². The average molecular weight is 436 g/mol. The molecule has 0 aliphatic carbocycles. The summed E-state index contributed by atoms with van der Waals surface area (Å²) in [6.07, 6.45) is 8.26. The smallest absolute Gasteiger partial charge is 0.205 e. The van der Waals surface area contributed by atoms with Crippen LogP contribution in [-0.4, -0.2) is 41.8 Å². The van der Waals surface area contributed by atoms with Crippen molar-refractivity contribution in [3.8, 4) is 17.2 Å². The van der Waals surface area contributed by atoms with E-state index in [9.17, 15) is 9.90 Å². The molecule has 3 aromatic rings. The summed E-state index contributed by atoms with van der Waals surface area (Å²) >= 11 is 0. The number of hydrogen-bond acceptors (Lipinski definition) is 6. The van der Waals surface area contributed by atoms with Gasteiger partial charge in [0, 0.05) is 6.54 Å². The van der Waals surface area contributed by atoms with E-state index in [4.69, 9.17) is 13.9 Å². The monoisotopic (exact) mass is 435 g/mol. The molecule has 0 saturated carbocycles. The first kappa shape index (κ1) is 22.0. The zero-order valence-corrected chi connectivity index (χ0v) is 18.6. The second kappa shape index (κ2) is 9.09. The molecule has 0 unspecified atom stereocenters. The van der Waals surface area contributed by atoms with E-state index in [2.05, 4.69) is 17.6 Å². The summed E-state index contributed by atoms with van der Waals surface area (Å²) in [6, 6.07) is 8.08. The minimum atomic E-state index is -0.646. The van der Waals surface area contributed by atoms with Gasteiger partial charge in [-0.2, -0.15) is 0 Å². The third-order valence-corrected chi connectivity index (χ3v) is 5.68. The summed E-state index contributed by atoms with van der Waals surface area (Å²) in [7, 11) is 0. The summed E-state index contributed by atoms with van der Waals surface area (Å²) in [5.74, 6) is 0.696. The summed E-state index contributed by atoms with van der Waals surface area (Å²) in [4.78, 5) is 15.5. The normalized spacial score (nSPS) is 15.1. The molecule has 1 aliphatic rings. The van der Waals surface area contributed by atoms with Crippen LogP contribution in [0.2, 0.25) is 0 Å². The summed E-state index contributed by atoms with van der Waals surface area (Å²) in [5.41, 5.74) is -0.383. The van der Waals surface area contributed by atoms with Crippen molar-refractivity contribution in [2.75, 3.05) is 26.2 Å². The number of likely N-dealkylation sites (tertiary alicyclic amines) is 1. The first-order chi connectivity index (χ1) is 15.4. The second-order valence-corrected chi connectivity index (χ2v) is 8.55. The maximum atomic E-state index is 13.1. The van der Waals surface area contributed by atoms with Crippen LogP contribution in [0.3, 0.4) is 0 Å². The maximum Gasteiger partial charge on any atom is 0.205 e. The summed E-state index contributed by atoms with van der Waals surface area (Å²) in [5, 5.41) is 10.6. The number of phenols is 1. The first-order valence-electron chi connectivity index (χ1n) is 10.9. The largest absolute Gasteiger partial charge is 0.507 e. The van der Waals surface area contributed by atoms with Gasteiger partial charge in [-0.1, -0.05) is 24.8 Å². The molecule has 2 heterocycles. The third kappa shape index (κ3) is 4.50. The molecule has 0 spiro atoms. The molecule has 0 amide bonds. The number of phenolic OH excluding ortho intramolecular Hbond substituents is 1. The van der Waals surface area contributed by atoms with Crippen molar-refractivity contribution in [3.05, 3.63) is 65.4 Å². The fourth-order valence-electron chi connectivity index (χ4n) is 3.83. The molecular formula is C26H29NO5. The van der Waals surface area contributed by atoms with E-state index in [-0.39, 0.29) is 22.1 Å². The van der Waals surface area contributed by atoms with Crippen LogP contribution in [0.1, 0.15) is 26.7 Å². The Kier molecular flexibility index (Phi) is 6.24. The van der Waals surface area contributed by atoms with Gasteiger partial charge >= 0.3 is 0 Å². The van der Waals surface area contributed by atoms with Gasteiger partial charge < -0.3 is 19.0 Å². The molecular weight excluding hydrogens is 406 g/mol. The number of nitrogens with zero attached hydrogens (tertiary/aromatic N) is 1. The minimum absolute atomic E-state index is 0.112. The highest BCUT2D eigenvalue weighted by molar-refractivity contribution is 5.96. The molecule has 0 atom stereocenters. The van der Waals surface area contributed by atoms with Crippen LogP contribution in [-0.2, 0) is 0 Å². The Labute approximate surface area is 187 Å². The zero-order valence-electron chi connectivity index (χ0n) is 18.6. The quantitative estimate of drug-likeness (QED) is 0.395. The van der Waals surface area contributed by atoms with Crippen molar-refractivity contribution < 1.29 is 19.0 Å². The van der Waals surface area contributed by atoms with Gasteiger partial charge in [-0.15, -0.1) is 0 Å². The standard InChI is InChI=1S/C26H29NO5/c1-4-26(2,3)32-21-13-12-18-23(29)22-19(28)10-9-11-20(22)31-24(18)25(21)30-17-8-7-16-27-14-5-6-15-27/h4,7-13,28H,1,5-6,14-17H2,2-3H3/b8-7+. The van der Waals surface area contributed by atoms with Gasteiger partial charge in [0.05, 0.1) is 5.39 Å². The van der Waals surface area contributed by atoms with Crippen LogP contribution in [0, 0.1) is 0 Å². The van der Waals surface area contributed by atoms with E-state index in [1.165, 1.54) is 18.9 Å². The predicted octanol–water partition coefficient (Wildman–Crippen LogP) is 5.03. The molecule has 1 aliphatic heterocycles. The van der Waals surface area contributed by atoms with Crippen LogP contribution in [0.5, 0.6) is 17.2 Å². The maximum absolute atomic E-state index is 13.1. The van der Waals surface area contributed by atoms with Crippen molar-refractivity contribution in [1.82, 2.24) is 4.90 Å². The average Bonchev–Trinajstić information content (AvgIpc) is 3.28. The molecule has 168 valence electrons. The van der Waals surface area contributed by atoms with E-state index >= 15 is 0 Å². The van der Waals surface area contributed by atoms with Crippen LogP contribution < -0.4 is 14.9 Å². The number of hydrogen-bond donors (Lipinski definition) is 1. The molecule has 0 radical (unpaired) electrons. The lowest BCUT2D eigenvalue weighted by Gasteiger charge is -2.24. The summed E-state index contributed by atoms with van der Waals surface area (Å²) < 4.78 is 18.2. The van der Waals surface area contributed by atoms with E-state index in [1.807, 2.05) is 19.9 Å². The van der Waals surface area contributed by atoms with Crippen LogP contribution >= 0.6 is 0 Å². The second-order valence-electron chi connectivity index (χ2n) is 8.55. The highest BCUT2D eigenvalue weighted by atomic mass is 16.5. The molecule has 6 nitrogen and oxygen atoms in total. The first-order valence-corrected chi connectivity index (χ1v) is 10.9. The molecule has 32 heavy (non-hydrogen) atoms. The van der Waals surface area contributed by atoms with Crippen LogP contribution in [0.25, 0.3) is 21.9 Å². The highest BCUT2D eigenvalue weighted by Crippen LogP contribution is 2.39.